The Morgan fingerprint density at radius 1 is 1.13 bits per heavy atom. The van der Waals surface area contributed by atoms with Gasteiger partial charge in [-0.3, -0.25) is 0 Å². The number of rotatable bonds is 3. The fourth-order valence-electron chi connectivity index (χ4n) is 4.33. The molecule has 162 valence electrons. The Morgan fingerprint density at radius 3 is 2.40 bits per heavy atom. The molecule has 0 radical (unpaired) electrons. The van der Waals surface area contributed by atoms with Gasteiger partial charge in [0.1, 0.15) is 0 Å². The molecule has 9 heteroatoms. The van der Waals surface area contributed by atoms with Gasteiger partial charge in [-0.15, -0.1) is 0 Å². The lowest BCUT2D eigenvalue weighted by Gasteiger charge is -2.40. The Balaban J connectivity index is 1.56. The number of alkyl halides is 2. The van der Waals surface area contributed by atoms with Gasteiger partial charge in [-0.2, -0.15) is 4.98 Å². The molecule has 2 amide bonds. The number of halogens is 2. The summed E-state index contributed by atoms with van der Waals surface area (Å²) in [6.45, 7) is 3.75. The zero-order valence-electron chi connectivity index (χ0n) is 16.9. The SMILES string of the molecule is Cc1noc(C2CC(c3ccc(C(F)F)cc3)CN(C(=O)N3CCC(O)CC3)C2)n1. The highest BCUT2D eigenvalue weighted by atomic mass is 19.3. The van der Waals surface area contributed by atoms with E-state index in [9.17, 15) is 18.7 Å². The Labute approximate surface area is 173 Å². The first-order valence-corrected chi connectivity index (χ1v) is 10.3. The van der Waals surface area contributed by atoms with Crippen molar-refractivity contribution in [1.29, 1.82) is 0 Å². The summed E-state index contributed by atoms with van der Waals surface area (Å²) in [5.41, 5.74) is 0.894. The maximum Gasteiger partial charge on any atom is 0.320 e. The number of urea groups is 1. The third-order valence-corrected chi connectivity index (χ3v) is 6.01. The topological polar surface area (TPSA) is 82.7 Å². The van der Waals surface area contributed by atoms with Crippen molar-refractivity contribution in [2.24, 2.45) is 0 Å². The number of aliphatic hydroxyl groups excluding tert-OH is 1. The van der Waals surface area contributed by atoms with Gasteiger partial charge in [-0.05, 0) is 31.7 Å². The van der Waals surface area contributed by atoms with Crippen LogP contribution in [-0.2, 0) is 0 Å². The smallest absolute Gasteiger partial charge is 0.320 e. The van der Waals surface area contributed by atoms with Gasteiger partial charge < -0.3 is 19.4 Å². The van der Waals surface area contributed by atoms with Gasteiger partial charge in [-0.1, -0.05) is 29.4 Å². The highest BCUT2D eigenvalue weighted by Gasteiger charge is 2.36. The molecular weight excluding hydrogens is 394 g/mol. The highest BCUT2D eigenvalue weighted by Crippen LogP contribution is 2.36. The number of piperidine rings is 2. The molecule has 2 unspecified atom stereocenters. The Bertz CT molecular complexity index is 865. The zero-order chi connectivity index (χ0) is 21.3. The van der Waals surface area contributed by atoms with Gasteiger partial charge in [0, 0.05) is 37.7 Å². The molecule has 2 aromatic rings. The third-order valence-electron chi connectivity index (χ3n) is 6.01. The van der Waals surface area contributed by atoms with Crippen LogP contribution in [0.2, 0.25) is 0 Å². The monoisotopic (exact) mass is 420 g/mol. The Kier molecular flexibility index (Phi) is 5.99. The summed E-state index contributed by atoms with van der Waals surface area (Å²) in [4.78, 5) is 21.1. The molecule has 2 saturated heterocycles. The standard InChI is InChI=1S/C21H26F2N4O3/c1-13-24-20(30-25-13)17-10-16(14-2-4-15(5-3-14)19(22)23)11-27(12-17)21(29)26-8-6-18(28)7-9-26/h2-5,16-19,28H,6-12H2,1H3. The van der Waals surface area contributed by atoms with Crippen LogP contribution in [0.5, 0.6) is 0 Å². The molecule has 1 N–H and O–H groups in total. The molecular formula is C21H26F2N4O3. The molecule has 2 atom stereocenters. The van der Waals surface area contributed by atoms with E-state index in [2.05, 4.69) is 10.1 Å². The van der Waals surface area contributed by atoms with Crippen LogP contribution in [0.15, 0.2) is 28.8 Å². The van der Waals surface area contributed by atoms with Gasteiger partial charge in [0.15, 0.2) is 5.82 Å². The average molecular weight is 420 g/mol. The van der Waals surface area contributed by atoms with E-state index in [1.54, 1.807) is 28.9 Å². The minimum Gasteiger partial charge on any atom is -0.393 e. The van der Waals surface area contributed by atoms with Crippen molar-refractivity contribution < 1.29 is 23.2 Å². The van der Waals surface area contributed by atoms with E-state index in [0.29, 0.717) is 57.2 Å². The number of aromatic nitrogens is 2. The number of aliphatic hydroxyl groups is 1. The molecule has 1 aromatic carbocycles. The van der Waals surface area contributed by atoms with Crippen molar-refractivity contribution in [1.82, 2.24) is 19.9 Å². The summed E-state index contributed by atoms with van der Waals surface area (Å²) in [5, 5.41) is 13.6. The number of aryl methyl sites for hydroxylation is 1. The van der Waals surface area contributed by atoms with E-state index in [1.807, 2.05) is 0 Å². The number of benzene rings is 1. The van der Waals surface area contributed by atoms with E-state index in [4.69, 9.17) is 4.52 Å². The van der Waals surface area contributed by atoms with E-state index < -0.39 is 6.43 Å². The maximum atomic E-state index is 13.2. The number of carbonyl (C=O) groups excluding carboxylic acids is 1. The first-order valence-electron chi connectivity index (χ1n) is 10.3. The first-order chi connectivity index (χ1) is 14.4. The zero-order valence-corrected chi connectivity index (χ0v) is 16.9. The molecule has 30 heavy (non-hydrogen) atoms. The molecule has 0 spiro atoms. The lowest BCUT2D eigenvalue weighted by molar-refractivity contribution is 0.0744. The first kappa shape index (κ1) is 20.7. The molecule has 2 fully saturated rings. The second kappa shape index (κ2) is 8.67. The predicted molar refractivity (Wildman–Crippen MR) is 104 cm³/mol. The van der Waals surface area contributed by atoms with Gasteiger partial charge in [0.05, 0.1) is 12.0 Å². The lowest BCUT2D eigenvalue weighted by atomic mass is 9.84. The summed E-state index contributed by atoms with van der Waals surface area (Å²) in [5.74, 6) is 0.880. The molecule has 2 aliphatic rings. The Hall–Kier alpha value is -2.55. The van der Waals surface area contributed by atoms with Crippen LogP contribution in [-0.4, -0.2) is 63.4 Å². The summed E-state index contributed by atoms with van der Waals surface area (Å²) < 4.78 is 31.2. The number of nitrogens with zero attached hydrogens (tertiary/aromatic N) is 4. The van der Waals surface area contributed by atoms with Gasteiger partial charge >= 0.3 is 6.03 Å². The largest absolute Gasteiger partial charge is 0.393 e. The van der Waals surface area contributed by atoms with Crippen LogP contribution >= 0.6 is 0 Å². The molecule has 3 heterocycles. The summed E-state index contributed by atoms with van der Waals surface area (Å²) in [6.07, 6.45) is -1.02. The van der Waals surface area contributed by atoms with E-state index >= 15 is 0 Å². The van der Waals surface area contributed by atoms with Crippen molar-refractivity contribution in [2.45, 2.75) is 50.6 Å². The summed E-state index contributed by atoms with van der Waals surface area (Å²) in [7, 11) is 0. The van der Waals surface area contributed by atoms with Crippen molar-refractivity contribution in [3.05, 3.63) is 47.1 Å². The molecule has 2 aliphatic heterocycles. The fourth-order valence-corrected chi connectivity index (χ4v) is 4.33. The molecule has 0 aliphatic carbocycles. The molecule has 0 saturated carbocycles. The number of amides is 2. The van der Waals surface area contributed by atoms with Crippen LogP contribution in [0.1, 0.15) is 60.4 Å². The normalized spacial score (nSPS) is 23.2. The van der Waals surface area contributed by atoms with Crippen LogP contribution in [0.25, 0.3) is 0 Å². The molecule has 7 nitrogen and oxygen atoms in total. The average Bonchev–Trinajstić information content (AvgIpc) is 3.20. The second-order valence-electron chi connectivity index (χ2n) is 8.18. The molecule has 1 aromatic heterocycles. The quantitative estimate of drug-likeness (QED) is 0.822. The van der Waals surface area contributed by atoms with Gasteiger partial charge in [-0.25, -0.2) is 13.6 Å². The lowest BCUT2D eigenvalue weighted by Crippen LogP contribution is -2.51. The highest BCUT2D eigenvalue weighted by molar-refractivity contribution is 5.75. The van der Waals surface area contributed by atoms with Crippen molar-refractivity contribution in [2.75, 3.05) is 26.2 Å². The van der Waals surface area contributed by atoms with Crippen LogP contribution < -0.4 is 0 Å². The van der Waals surface area contributed by atoms with Gasteiger partial charge in [0.25, 0.3) is 6.43 Å². The summed E-state index contributed by atoms with van der Waals surface area (Å²) >= 11 is 0. The number of carbonyl (C=O) groups is 1. The second-order valence-corrected chi connectivity index (χ2v) is 8.18. The number of hydrogen-bond acceptors (Lipinski definition) is 5. The van der Waals surface area contributed by atoms with Gasteiger partial charge in [0.2, 0.25) is 5.89 Å². The molecule has 0 bridgehead atoms. The number of hydrogen-bond donors (Lipinski definition) is 1. The van der Waals surface area contributed by atoms with Crippen LogP contribution in [0.3, 0.4) is 0 Å². The van der Waals surface area contributed by atoms with E-state index in [1.165, 1.54) is 12.1 Å². The fraction of sp³-hybridized carbons (Fsp3) is 0.571. The van der Waals surface area contributed by atoms with Crippen LogP contribution in [0.4, 0.5) is 13.6 Å². The van der Waals surface area contributed by atoms with Crippen molar-refractivity contribution in [3.63, 3.8) is 0 Å². The van der Waals surface area contributed by atoms with E-state index in [-0.39, 0.29) is 29.5 Å². The van der Waals surface area contributed by atoms with Crippen LogP contribution in [0, 0.1) is 6.92 Å². The predicted octanol–water partition coefficient (Wildman–Crippen LogP) is 3.47. The maximum absolute atomic E-state index is 13.2. The van der Waals surface area contributed by atoms with E-state index in [0.717, 1.165) is 5.56 Å². The summed E-state index contributed by atoms with van der Waals surface area (Å²) in [6, 6.07) is 6.25. The van der Waals surface area contributed by atoms with Crippen molar-refractivity contribution in [3.8, 4) is 0 Å². The third kappa shape index (κ3) is 4.45. The minimum atomic E-state index is -2.51. The minimum absolute atomic E-state index is 0.0153. The number of likely N-dealkylation sites (tertiary alicyclic amines) is 2. The molecule has 4 rings (SSSR count). The van der Waals surface area contributed by atoms with Crippen molar-refractivity contribution >= 4 is 6.03 Å². The Morgan fingerprint density at radius 2 is 1.80 bits per heavy atom.